The predicted octanol–water partition coefficient (Wildman–Crippen LogP) is 4.21. The topological polar surface area (TPSA) is 48.6 Å². The summed E-state index contributed by atoms with van der Waals surface area (Å²) in [6, 6.07) is 17.5. The molecule has 3 aromatic rings. The second-order valence-corrected chi connectivity index (χ2v) is 7.80. The molecule has 0 aliphatic carbocycles. The van der Waals surface area contributed by atoms with Crippen LogP contribution in [0.25, 0.3) is 11.5 Å². The van der Waals surface area contributed by atoms with Gasteiger partial charge in [0.05, 0.1) is 6.54 Å². The van der Waals surface area contributed by atoms with E-state index in [1.54, 1.807) is 12.1 Å². The number of aromatic nitrogens is 2. The smallest absolute Gasteiger partial charge is 0.314 e. The minimum atomic E-state index is -2.78. The summed E-state index contributed by atoms with van der Waals surface area (Å²) in [5.41, 5.74) is 2.64. The molecular weight excluding hydrogens is 420 g/mol. The Bertz CT molecular complexity index is 1000. The van der Waals surface area contributed by atoms with Gasteiger partial charge in [-0.05, 0) is 49.1 Å². The van der Waals surface area contributed by atoms with Crippen LogP contribution in [0.3, 0.4) is 0 Å². The molecule has 1 saturated heterocycles. The van der Waals surface area contributed by atoms with Gasteiger partial charge in [0, 0.05) is 37.4 Å². The summed E-state index contributed by atoms with van der Waals surface area (Å²) in [6.07, 6.45) is -2.78. The zero-order chi connectivity index (χ0) is 21.8. The highest BCUT2D eigenvalue weighted by atomic mass is 32.1. The lowest BCUT2D eigenvalue weighted by molar-refractivity contribution is 0.116. The molecule has 0 spiro atoms. The maximum absolute atomic E-state index is 12.7. The second-order valence-electron chi connectivity index (χ2n) is 7.44. The summed E-state index contributed by atoms with van der Waals surface area (Å²) >= 11 is 5.87. The van der Waals surface area contributed by atoms with Gasteiger partial charge in [0.2, 0.25) is 5.89 Å². The van der Waals surface area contributed by atoms with E-state index in [4.69, 9.17) is 16.6 Å². The number of nitrogens with zero attached hydrogens (tertiary/aromatic N) is 5. The molecule has 1 aliphatic heterocycles. The maximum Gasteiger partial charge on any atom is 0.314 e. The largest absolute Gasteiger partial charge is 0.415 e. The number of hydrogen-bond acceptors (Lipinski definition) is 5. The van der Waals surface area contributed by atoms with E-state index in [0.29, 0.717) is 12.1 Å². The molecule has 2 heterocycles. The van der Waals surface area contributed by atoms with E-state index >= 15 is 0 Å². The van der Waals surface area contributed by atoms with Gasteiger partial charge in [0.25, 0.3) is 5.89 Å². The van der Waals surface area contributed by atoms with Crippen LogP contribution in [0.15, 0.2) is 59.0 Å². The van der Waals surface area contributed by atoms with Crippen LogP contribution in [-0.2, 0) is 6.54 Å². The molecule has 4 rings (SSSR count). The number of anilines is 1. The standard InChI is InChI=1S/C22H23F2N5OS/c1-27-11-13-28(14-12-27)22(31)29(18-5-3-2-4-6-18)15-16-7-9-17(10-8-16)20-25-26-21(30-20)19(23)24/h2-10,19H,11-15H2,1H3. The van der Waals surface area contributed by atoms with Gasteiger partial charge in [0.1, 0.15) is 0 Å². The number of halogens is 2. The Morgan fingerprint density at radius 2 is 1.71 bits per heavy atom. The summed E-state index contributed by atoms with van der Waals surface area (Å²) in [7, 11) is 2.12. The van der Waals surface area contributed by atoms with Gasteiger partial charge in [-0.2, -0.15) is 8.78 Å². The first-order valence-corrected chi connectivity index (χ1v) is 10.4. The van der Waals surface area contributed by atoms with E-state index in [2.05, 4.69) is 31.9 Å². The summed E-state index contributed by atoms with van der Waals surface area (Å²) in [6.45, 7) is 4.31. The summed E-state index contributed by atoms with van der Waals surface area (Å²) in [5.74, 6) is -0.596. The molecule has 2 aromatic carbocycles. The van der Waals surface area contributed by atoms with Crippen LogP contribution >= 0.6 is 12.2 Å². The lowest BCUT2D eigenvalue weighted by Crippen LogP contribution is -2.51. The molecule has 162 valence electrons. The van der Waals surface area contributed by atoms with E-state index in [1.165, 1.54) is 0 Å². The van der Waals surface area contributed by atoms with Crippen molar-refractivity contribution >= 4 is 23.0 Å². The molecule has 0 N–H and O–H groups in total. The van der Waals surface area contributed by atoms with Crippen molar-refractivity contribution in [2.45, 2.75) is 13.0 Å². The molecule has 1 aliphatic rings. The maximum atomic E-state index is 12.7. The lowest BCUT2D eigenvalue weighted by atomic mass is 10.1. The molecule has 0 saturated carbocycles. The first-order chi connectivity index (χ1) is 15.0. The fraction of sp³-hybridized carbons (Fsp3) is 0.318. The first kappa shape index (κ1) is 21.3. The molecule has 0 atom stereocenters. The minimum absolute atomic E-state index is 0.0784. The van der Waals surface area contributed by atoms with E-state index in [0.717, 1.165) is 42.5 Å². The van der Waals surface area contributed by atoms with Crippen molar-refractivity contribution in [1.82, 2.24) is 20.0 Å². The van der Waals surface area contributed by atoms with Gasteiger partial charge in [-0.15, -0.1) is 10.2 Å². The number of benzene rings is 2. The van der Waals surface area contributed by atoms with Crippen molar-refractivity contribution in [3.63, 3.8) is 0 Å². The zero-order valence-electron chi connectivity index (χ0n) is 17.1. The third-order valence-electron chi connectivity index (χ3n) is 5.24. The fourth-order valence-electron chi connectivity index (χ4n) is 3.42. The Morgan fingerprint density at radius 3 is 2.32 bits per heavy atom. The molecule has 0 bridgehead atoms. The Morgan fingerprint density at radius 1 is 1.03 bits per heavy atom. The molecule has 0 unspecified atom stereocenters. The fourth-order valence-corrected chi connectivity index (χ4v) is 3.77. The van der Waals surface area contributed by atoms with E-state index in [9.17, 15) is 8.78 Å². The van der Waals surface area contributed by atoms with Crippen molar-refractivity contribution in [1.29, 1.82) is 0 Å². The van der Waals surface area contributed by atoms with Gasteiger partial charge < -0.3 is 19.1 Å². The van der Waals surface area contributed by atoms with Crippen molar-refractivity contribution in [2.75, 3.05) is 38.1 Å². The van der Waals surface area contributed by atoms with Crippen molar-refractivity contribution in [3.8, 4) is 11.5 Å². The third-order valence-corrected chi connectivity index (χ3v) is 5.72. The van der Waals surface area contributed by atoms with Crippen LogP contribution < -0.4 is 4.90 Å². The second kappa shape index (κ2) is 9.49. The normalized spacial score (nSPS) is 14.8. The van der Waals surface area contributed by atoms with Crippen LogP contribution in [0.5, 0.6) is 0 Å². The average Bonchev–Trinajstić information content (AvgIpc) is 3.29. The molecule has 6 nitrogen and oxygen atoms in total. The summed E-state index contributed by atoms with van der Waals surface area (Å²) in [4.78, 5) is 6.65. The SMILES string of the molecule is CN1CCN(C(=S)N(Cc2ccc(-c3nnc(C(F)F)o3)cc2)c2ccccc2)CC1. The lowest BCUT2D eigenvalue weighted by Gasteiger charge is -2.38. The van der Waals surface area contributed by atoms with E-state index in [-0.39, 0.29) is 5.89 Å². The van der Waals surface area contributed by atoms with Crippen LogP contribution in [0.4, 0.5) is 14.5 Å². The number of rotatable bonds is 5. The highest BCUT2D eigenvalue weighted by Gasteiger charge is 2.22. The third kappa shape index (κ3) is 5.05. The average molecular weight is 444 g/mol. The number of alkyl halides is 2. The predicted molar refractivity (Wildman–Crippen MR) is 119 cm³/mol. The Balaban J connectivity index is 1.53. The van der Waals surface area contributed by atoms with Crippen LogP contribution in [0.2, 0.25) is 0 Å². The van der Waals surface area contributed by atoms with Crippen LogP contribution in [0.1, 0.15) is 17.9 Å². The molecule has 1 aromatic heterocycles. The van der Waals surface area contributed by atoms with E-state index < -0.39 is 12.3 Å². The summed E-state index contributed by atoms with van der Waals surface area (Å²) < 4.78 is 30.4. The monoisotopic (exact) mass is 443 g/mol. The Labute approximate surface area is 185 Å². The van der Waals surface area contributed by atoms with Gasteiger partial charge >= 0.3 is 6.43 Å². The Kier molecular flexibility index (Phi) is 6.53. The molecule has 0 amide bonds. The number of hydrogen-bond donors (Lipinski definition) is 0. The van der Waals surface area contributed by atoms with Gasteiger partial charge in [-0.3, -0.25) is 0 Å². The minimum Gasteiger partial charge on any atom is -0.415 e. The van der Waals surface area contributed by atoms with Crippen LogP contribution in [0, 0.1) is 0 Å². The Hall–Kier alpha value is -2.91. The van der Waals surface area contributed by atoms with Gasteiger partial charge in [0.15, 0.2) is 5.11 Å². The van der Waals surface area contributed by atoms with Gasteiger partial charge in [-0.1, -0.05) is 30.3 Å². The van der Waals surface area contributed by atoms with Crippen LogP contribution in [-0.4, -0.2) is 58.3 Å². The molecule has 0 radical (unpaired) electrons. The molecule has 31 heavy (non-hydrogen) atoms. The highest BCUT2D eigenvalue weighted by Crippen LogP contribution is 2.25. The van der Waals surface area contributed by atoms with Crippen molar-refractivity contribution in [3.05, 3.63) is 66.1 Å². The van der Waals surface area contributed by atoms with E-state index in [1.807, 2.05) is 42.5 Å². The highest BCUT2D eigenvalue weighted by molar-refractivity contribution is 7.80. The molecular formula is C22H23F2N5OS. The number of thiocarbonyl (C=S) groups is 1. The zero-order valence-corrected chi connectivity index (χ0v) is 17.9. The van der Waals surface area contributed by atoms with Crippen molar-refractivity contribution < 1.29 is 13.2 Å². The number of likely N-dealkylation sites (N-methyl/N-ethyl adjacent to an activating group) is 1. The van der Waals surface area contributed by atoms with Gasteiger partial charge in [-0.25, -0.2) is 0 Å². The quantitative estimate of drug-likeness (QED) is 0.548. The summed E-state index contributed by atoms with van der Waals surface area (Å²) in [5, 5.41) is 7.88. The molecule has 9 heteroatoms. The first-order valence-electron chi connectivity index (χ1n) is 10.0. The number of piperazine rings is 1. The number of para-hydroxylation sites is 1. The molecule has 1 fully saturated rings. The van der Waals surface area contributed by atoms with Crippen molar-refractivity contribution in [2.24, 2.45) is 0 Å².